The van der Waals surface area contributed by atoms with Crippen LogP contribution in [0.15, 0.2) is 0 Å². The lowest BCUT2D eigenvalue weighted by Gasteiger charge is -2.24. The van der Waals surface area contributed by atoms with Crippen molar-refractivity contribution in [3.05, 3.63) is 0 Å². The van der Waals surface area contributed by atoms with Crippen molar-refractivity contribution >= 4 is 16.0 Å². The molecule has 7 heteroatoms. The number of rotatable bonds is 9. The fourth-order valence-corrected chi connectivity index (χ4v) is 2.54. The van der Waals surface area contributed by atoms with Crippen LogP contribution in [0.5, 0.6) is 0 Å². The molecule has 0 atom stereocenters. The number of methoxy groups -OCH3 is 1. The van der Waals surface area contributed by atoms with E-state index in [1.165, 1.54) is 7.11 Å². The molecule has 0 aromatic rings. The summed E-state index contributed by atoms with van der Waals surface area (Å²) >= 11 is 0. The number of ether oxygens (including phenoxy) is 2. The number of nitrogens with one attached hydrogen (secondary N) is 1. The van der Waals surface area contributed by atoms with Gasteiger partial charge in [-0.25, -0.2) is 13.1 Å². The van der Waals surface area contributed by atoms with E-state index in [1.54, 1.807) is 0 Å². The number of carbonyl (C=O) groups is 1. The van der Waals surface area contributed by atoms with Gasteiger partial charge in [0.15, 0.2) is 0 Å². The number of esters is 1. The standard InChI is InChI=1S/C11H23NO5S/c1-5-17-11(2,3)9-12-18(14,15)8-6-7-10(13)16-4/h12H,5-9H2,1-4H3. The molecule has 0 unspecified atom stereocenters. The van der Waals surface area contributed by atoms with Crippen molar-refractivity contribution in [3.8, 4) is 0 Å². The Hall–Kier alpha value is -0.660. The Kier molecular flexibility index (Phi) is 7.42. The summed E-state index contributed by atoms with van der Waals surface area (Å²) in [5.74, 6) is -0.496. The van der Waals surface area contributed by atoms with Gasteiger partial charge in [-0.15, -0.1) is 0 Å². The normalized spacial score (nSPS) is 12.4. The molecule has 0 aliphatic heterocycles. The lowest BCUT2D eigenvalue weighted by atomic mass is 10.1. The third kappa shape index (κ3) is 8.43. The van der Waals surface area contributed by atoms with E-state index in [0.717, 1.165) is 0 Å². The Morgan fingerprint density at radius 3 is 2.44 bits per heavy atom. The Morgan fingerprint density at radius 1 is 1.33 bits per heavy atom. The average molecular weight is 281 g/mol. The predicted molar refractivity (Wildman–Crippen MR) is 68.7 cm³/mol. The van der Waals surface area contributed by atoms with Gasteiger partial charge in [-0.1, -0.05) is 0 Å². The molecule has 0 fully saturated rings. The quantitative estimate of drug-likeness (QED) is 0.628. The van der Waals surface area contributed by atoms with Gasteiger partial charge in [0.25, 0.3) is 0 Å². The van der Waals surface area contributed by atoms with E-state index in [4.69, 9.17) is 4.74 Å². The highest BCUT2D eigenvalue weighted by Gasteiger charge is 2.21. The zero-order valence-electron chi connectivity index (χ0n) is 11.5. The second kappa shape index (κ2) is 7.70. The molecule has 0 aliphatic carbocycles. The largest absolute Gasteiger partial charge is 0.469 e. The SMILES string of the molecule is CCOC(C)(C)CNS(=O)(=O)CCCC(=O)OC. The highest BCUT2D eigenvalue weighted by atomic mass is 32.2. The molecule has 6 nitrogen and oxygen atoms in total. The Balaban J connectivity index is 4.05. The first-order valence-corrected chi connectivity index (χ1v) is 7.56. The molecule has 0 aromatic carbocycles. The van der Waals surface area contributed by atoms with E-state index in [2.05, 4.69) is 9.46 Å². The van der Waals surface area contributed by atoms with Gasteiger partial charge in [0, 0.05) is 19.6 Å². The molecule has 0 saturated heterocycles. The van der Waals surface area contributed by atoms with Gasteiger partial charge in [-0.05, 0) is 27.2 Å². The summed E-state index contributed by atoms with van der Waals surface area (Å²) in [5, 5.41) is 0. The number of carbonyl (C=O) groups excluding carboxylic acids is 1. The zero-order chi connectivity index (χ0) is 14.2. The minimum absolute atomic E-state index is 0.0930. The van der Waals surface area contributed by atoms with E-state index in [0.29, 0.717) is 6.61 Å². The molecule has 0 radical (unpaired) electrons. The lowest BCUT2D eigenvalue weighted by Crippen LogP contribution is -2.41. The van der Waals surface area contributed by atoms with Crippen LogP contribution in [-0.2, 0) is 24.3 Å². The van der Waals surface area contributed by atoms with Gasteiger partial charge in [0.05, 0.1) is 18.5 Å². The fraction of sp³-hybridized carbons (Fsp3) is 0.909. The predicted octanol–water partition coefficient (Wildman–Crippen LogP) is 0.674. The molecule has 18 heavy (non-hydrogen) atoms. The topological polar surface area (TPSA) is 81.7 Å². The van der Waals surface area contributed by atoms with Gasteiger partial charge >= 0.3 is 5.97 Å². The number of hydrogen-bond acceptors (Lipinski definition) is 5. The average Bonchev–Trinajstić information content (AvgIpc) is 2.26. The molecule has 0 bridgehead atoms. The summed E-state index contributed by atoms with van der Waals surface area (Å²) in [6.45, 7) is 6.21. The van der Waals surface area contributed by atoms with Crippen LogP contribution in [0.3, 0.4) is 0 Å². The Labute approximate surface area is 109 Å². The van der Waals surface area contributed by atoms with Crippen molar-refractivity contribution < 1.29 is 22.7 Å². The highest BCUT2D eigenvalue weighted by Crippen LogP contribution is 2.08. The zero-order valence-corrected chi connectivity index (χ0v) is 12.3. The molecular weight excluding hydrogens is 258 g/mol. The summed E-state index contributed by atoms with van der Waals surface area (Å²) in [5.41, 5.74) is -0.538. The van der Waals surface area contributed by atoms with Crippen LogP contribution in [0.2, 0.25) is 0 Å². The Bertz CT molecular complexity index is 350. The molecule has 0 spiro atoms. The van der Waals surface area contributed by atoms with Crippen LogP contribution in [0.4, 0.5) is 0 Å². The molecule has 0 aromatic heterocycles. The van der Waals surface area contributed by atoms with Crippen molar-refractivity contribution in [2.75, 3.05) is 26.0 Å². The third-order valence-electron chi connectivity index (χ3n) is 2.27. The van der Waals surface area contributed by atoms with E-state index >= 15 is 0 Å². The molecule has 0 aliphatic rings. The van der Waals surface area contributed by atoms with Crippen molar-refractivity contribution in [2.45, 2.75) is 39.2 Å². The van der Waals surface area contributed by atoms with Crippen LogP contribution in [0, 0.1) is 0 Å². The third-order valence-corrected chi connectivity index (χ3v) is 3.68. The smallest absolute Gasteiger partial charge is 0.305 e. The van der Waals surface area contributed by atoms with Gasteiger partial charge < -0.3 is 9.47 Å². The molecule has 0 amide bonds. The van der Waals surface area contributed by atoms with Gasteiger partial charge in [0.2, 0.25) is 10.0 Å². The summed E-state index contributed by atoms with van der Waals surface area (Å²) in [6, 6.07) is 0. The molecule has 108 valence electrons. The van der Waals surface area contributed by atoms with Crippen molar-refractivity contribution in [1.82, 2.24) is 4.72 Å². The van der Waals surface area contributed by atoms with Gasteiger partial charge in [-0.3, -0.25) is 4.79 Å². The maximum Gasteiger partial charge on any atom is 0.305 e. The van der Waals surface area contributed by atoms with E-state index in [-0.39, 0.29) is 25.1 Å². The minimum atomic E-state index is -3.37. The van der Waals surface area contributed by atoms with Gasteiger partial charge in [-0.2, -0.15) is 0 Å². The van der Waals surface area contributed by atoms with Crippen LogP contribution in [0.25, 0.3) is 0 Å². The summed E-state index contributed by atoms with van der Waals surface area (Å²) < 4.78 is 35.6. The molecule has 1 N–H and O–H groups in total. The number of sulfonamides is 1. The first-order chi connectivity index (χ1) is 8.22. The lowest BCUT2D eigenvalue weighted by molar-refractivity contribution is -0.140. The monoisotopic (exact) mass is 281 g/mol. The molecule has 0 rings (SSSR count). The minimum Gasteiger partial charge on any atom is -0.469 e. The maximum absolute atomic E-state index is 11.6. The van der Waals surface area contributed by atoms with Crippen molar-refractivity contribution in [1.29, 1.82) is 0 Å². The molecule has 0 heterocycles. The maximum atomic E-state index is 11.6. The van der Waals surface area contributed by atoms with Crippen LogP contribution in [0.1, 0.15) is 33.6 Å². The fourth-order valence-electron chi connectivity index (χ4n) is 1.31. The van der Waals surface area contributed by atoms with Crippen LogP contribution >= 0.6 is 0 Å². The van der Waals surface area contributed by atoms with Gasteiger partial charge in [0.1, 0.15) is 0 Å². The Morgan fingerprint density at radius 2 is 1.94 bits per heavy atom. The summed E-state index contributed by atoms with van der Waals surface area (Å²) in [6.07, 6.45) is 0.351. The van der Waals surface area contributed by atoms with E-state index in [1.807, 2.05) is 20.8 Å². The summed E-state index contributed by atoms with van der Waals surface area (Å²) in [4.78, 5) is 10.8. The second-order valence-electron chi connectivity index (χ2n) is 4.51. The van der Waals surface area contributed by atoms with Crippen molar-refractivity contribution in [3.63, 3.8) is 0 Å². The van der Waals surface area contributed by atoms with E-state index < -0.39 is 21.6 Å². The van der Waals surface area contributed by atoms with Crippen LogP contribution in [-0.4, -0.2) is 46.0 Å². The van der Waals surface area contributed by atoms with Crippen LogP contribution < -0.4 is 4.72 Å². The molecular formula is C11H23NO5S. The van der Waals surface area contributed by atoms with E-state index in [9.17, 15) is 13.2 Å². The molecule has 0 saturated carbocycles. The first-order valence-electron chi connectivity index (χ1n) is 5.90. The highest BCUT2D eigenvalue weighted by molar-refractivity contribution is 7.89. The first kappa shape index (κ1) is 17.3. The van der Waals surface area contributed by atoms with Crippen molar-refractivity contribution in [2.24, 2.45) is 0 Å². The summed E-state index contributed by atoms with van der Waals surface area (Å²) in [7, 11) is -2.10. The number of hydrogen-bond donors (Lipinski definition) is 1. The second-order valence-corrected chi connectivity index (χ2v) is 6.44.